The number of ether oxygens (including phenoxy) is 2. The molecule has 1 spiro atoms. The Hall–Kier alpha value is -2.66. The van der Waals surface area contributed by atoms with Crippen LogP contribution in [0.2, 0.25) is 0 Å². The first-order valence-corrected chi connectivity index (χ1v) is 8.39. The van der Waals surface area contributed by atoms with E-state index in [9.17, 15) is 9.59 Å². The highest BCUT2D eigenvalue weighted by Gasteiger charge is 2.67. The minimum absolute atomic E-state index is 0.0707. The van der Waals surface area contributed by atoms with Gasteiger partial charge in [0.25, 0.3) is 0 Å². The third-order valence-electron chi connectivity index (χ3n) is 5.63. The van der Waals surface area contributed by atoms with Crippen molar-refractivity contribution >= 4 is 28.3 Å². The van der Waals surface area contributed by atoms with Crippen LogP contribution in [0, 0.1) is 11.8 Å². The van der Waals surface area contributed by atoms with Crippen LogP contribution in [0.25, 0.3) is 10.8 Å². The molecule has 3 heterocycles. The van der Waals surface area contributed by atoms with Crippen molar-refractivity contribution in [3.8, 4) is 0 Å². The maximum Gasteiger partial charge on any atom is 0.312 e. The van der Waals surface area contributed by atoms with Gasteiger partial charge in [-0.25, -0.2) is 0 Å². The van der Waals surface area contributed by atoms with Crippen LogP contribution >= 0.6 is 0 Å². The molecule has 0 aromatic heterocycles. The second kappa shape index (κ2) is 4.92. The van der Waals surface area contributed by atoms with Crippen LogP contribution in [0.3, 0.4) is 0 Å². The van der Waals surface area contributed by atoms with Gasteiger partial charge in [-0.3, -0.25) is 9.59 Å². The third kappa shape index (κ3) is 1.81. The first kappa shape index (κ1) is 14.7. The molecule has 0 unspecified atom stereocenters. The number of methoxy groups -OCH3 is 1. The lowest BCUT2D eigenvalue weighted by Gasteiger charge is -2.22. The molecule has 2 fully saturated rings. The molecule has 0 N–H and O–H groups in total. The summed E-state index contributed by atoms with van der Waals surface area (Å²) in [6, 6.07) is 13.9. The lowest BCUT2D eigenvalue weighted by molar-refractivity contribution is -0.149. The summed E-state index contributed by atoms with van der Waals surface area (Å²) in [5, 5.41) is 2.09. The van der Waals surface area contributed by atoms with E-state index in [1.54, 1.807) is 4.90 Å². The van der Waals surface area contributed by atoms with E-state index in [-0.39, 0.29) is 18.0 Å². The maximum atomic E-state index is 13.3. The molecule has 2 saturated heterocycles. The SMILES string of the molecule is COC(=O)[C@H]1[C@@H]2C=C[C@]3(CN(c4cccc5ccccc45)C(=O)[C@H]13)O2. The molecule has 5 nitrogen and oxygen atoms in total. The van der Waals surface area contributed by atoms with Crippen LogP contribution in [-0.2, 0) is 19.1 Å². The number of fused-ring (bicyclic) bond motifs is 2. The van der Waals surface area contributed by atoms with E-state index in [2.05, 4.69) is 0 Å². The molecule has 2 aromatic carbocycles. The van der Waals surface area contributed by atoms with Gasteiger partial charge in [-0.2, -0.15) is 0 Å². The second-order valence-corrected chi connectivity index (χ2v) is 6.85. The van der Waals surface area contributed by atoms with E-state index in [0.29, 0.717) is 6.54 Å². The molecule has 3 aliphatic heterocycles. The monoisotopic (exact) mass is 335 g/mol. The largest absolute Gasteiger partial charge is 0.469 e. The fraction of sp³-hybridized carbons (Fsp3) is 0.300. The second-order valence-electron chi connectivity index (χ2n) is 6.85. The summed E-state index contributed by atoms with van der Waals surface area (Å²) < 4.78 is 11.0. The van der Waals surface area contributed by atoms with Gasteiger partial charge in [0.15, 0.2) is 0 Å². The molecule has 1 amide bonds. The molecule has 0 radical (unpaired) electrons. The first-order valence-electron chi connectivity index (χ1n) is 8.39. The van der Waals surface area contributed by atoms with Crippen LogP contribution in [-0.4, -0.2) is 37.2 Å². The summed E-state index contributed by atoms with van der Waals surface area (Å²) >= 11 is 0. The lowest BCUT2D eigenvalue weighted by Crippen LogP contribution is -2.39. The number of benzene rings is 2. The molecule has 5 heteroatoms. The van der Waals surface area contributed by atoms with Gasteiger partial charge in [-0.1, -0.05) is 48.6 Å². The zero-order valence-electron chi connectivity index (χ0n) is 13.7. The predicted molar refractivity (Wildman–Crippen MR) is 92.0 cm³/mol. The Kier molecular flexibility index (Phi) is 2.89. The number of amides is 1. The van der Waals surface area contributed by atoms with Crippen LogP contribution in [0.15, 0.2) is 54.6 Å². The van der Waals surface area contributed by atoms with E-state index >= 15 is 0 Å². The summed E-state index contributed by atoms with van der Waals surface area (Å²) in [6.07, 6.45) is 3.47. The van der Waals surface area contributed by atoms with Gasteiger partial charge in [0, 0.05) is 5.39 Å². The molecule has 0 saturated carbocycles. The molecule has 126 valence electrons. The van der Waals surface area contributed by atoms with E-state index in [0.717, 1.165) is 16.5 Å². The molecular formula is C20H17NO4. The minimum atomic E-state index is -0.725. The van der Waals surface area contributed by atoms with Crippen molar-refractivity contribution in [1.82, 2.24) is 0 Å². The average molecular weight is 335 g/mol. The molecule has 2 aromatic rings. The third-order valence-corrected chi connectivity index (χ3v) is 5.63. The minimum Gasteiger partial charge on any atom is -0.469 e. The molecule has 25 heavy (non-hydrogen) atoms. The predicted octanol–water partition coefficient (Wildman–Crippen LogP) is 2.30. The first-order chi connectivity index (χ1) is 12.1. The van der Waals surface area contributed by atoms with E-state index in [1.165, 1.54) is 7.11 Å². The van der Waals surface area contributed by atoms with Crippen molar-refractivity contribution < 1.29 is 19.1 Å². The van der Waals surface area contributed by atoms with Crippen molar-refractivity contribution in [3.63, 3.8) is 0 Å². The Labute approximate surface area is 144 Å². The van der Waals surface area contributed by atoms with Crippen LogP contribution < -0.4 is 4.90 Å². The van der Waals surface area contributed by atoms with Gasteiger partial charge in [0.05, 0.1) is 31.4 Å². The highest BCUT2D eigenvalue weighted by Crippen LogP contribution is 2.53. The number of hydrogen-bond donors (Lipinski definition) is 0. The van der Waals surface area contributed by atoms with Gasteiger partial charge in [0.2, 0.25) is 5.91 Å². The molecular weight excluding hydrogens is 318 g/mol. The van der Waals surface area contributed by atoms with Gasteiger partial charge in [-0.05, 0) is 11.5 Å². The highest BCUT2D eigenvalue weighted by atomic mass is 16.5. The van der Waals surface area contributed by atoms with Gasteiger partial charge in [-0.15, -0.1) is 0 Å². The molecule has 0 aliphatic carbocycles. The number of carbonyl (C=O) groups is 2. The Morgan fingerprint density at radius 1 is 1.24 bits per heavy atom. The lowest BCUT2D eigenvalue weighted by atomic mass is 9.77. The van der Waals surface area contributed by atoms with Crippen molar-refractivity contribution in [3.05, 3.63) is 54.6 Å². The topological polar surface area (TPSA) is 55.8 Å². The number of nitrogens with zero attached hydrogens (tertiary/aromatic N) is 1. The van der Waals surface area contributed by atoms with Crippen LogP contribution in [0.4, 0.5) is 5.69 Å². The Morgan fingerprint density at radius 2 is 2.04 bits per heavy atom. The summed E-state index contributed by atoms with van der Waals surface area (Å²) in [6.45, 7) is 0.422. The Balaban J connectivity index is 1.61. The van der Waals surface area contributed by atoms with Crippen molar-refractivity contribution in [2.75, 3.05) is 18.6 Å². The number of carbonyl (C=O) groups excluding carboxylic acids is 2. The Morgan fingerprint density at radius 3 is 2.88 bits per heavy atom. The fourth-order valence-corrected chi connectivity index (χ4v) is 4.55. The summed E-state index contributed by atoms with van der Waals surface area (Å²) in [5.41, 5.74) is 0.133. The van der Waals surface area contributed by atoms with Gasteiger partial charge >= 0.3 is 5.97 Å². The van der Waals surface area contributed by atoms with Gasteiger partial charge in [0.1, 0.15) is 11.5 Å². The van der Waals surface area contributed by atoms with E-state index < -0.39 is 17.4 Å². The smallest absolute Gasteiger partial charge is 0.312 e. The fourth-order valence-electron chi connectivity index (χ4n) is 4.55. The molecule has 4 atom stereocenters. The molecule has 2 bridgehead atoms. The van der Waals surface area contributed by atoms with E-state index in [4.69, 9.17) is 9.47 Å². The zero-order chi connectivity index (χ0) is 17.2. The maximum absolute atomic E-state index is 13.3. The molecule has 3 aliphatic rings. The van der Waals surface area contributed by atoms with Crippen molar-refractivity contribution in [2.45, 2.75) is 11.7 Å². The number of hydrogen-bond acceptors (Lipinski definition) is 4. The number of rotatable bonds is 2. The molecule has 5 rings (SSSR count). The van der Waals surface area contributed by atoms with Crippen LogP contribution in [0.1, 0.15) is 0 Å². The average Bonchev–Trinajstić information content (AvgIpc) is 3.29. The van der Waals surface area contributed by atoms with Gasteiger partial charge < -0.3 is 14.4 Å². The van der Waals surface area contributed by atoms with Crippen molar-refractivity contribution in [2.24, 2.45) is 11.8 Å². The summed E-state index contributed by atoms with van der Waals surface area (Å²) in [7, 11) is 1.35. The number of anilines is 1. The van der Waals surface area contributed by atoms with Crippen molar-refractivity contribution in [1.29, 1.82) is 0 Å². The van der Waals surface area contributed by atoms with E-state index in [1.807, 2.05) is 54.6 Å². The summed E-state index contributed by atoms with van der Waals surface area (Å²) in [5.74, 6) is -1.54. The number of esters is 1. The highest BCUT2D eigenvalue weighted by molar-refractivity contribution is 6.08. The normalized spacial score (nSPS) is 32.4. The van der Waals surface area contributed by atoms with Crippen LogP contribution in [0.5, 0.6) is 0 Å². The Bertz CT molecular complexity index is 931. The quantitative estimate of drug-likeness (QED) is 0.624. The standard InChI is InChI=1S/C20H17NO4/c1-24-19(23)16-15-9-10-20(25-15)11-21(18(22)17(16)20)14-8-4-6-12-5-2-3-7-13(12)14/h2-10,15-17H,11H2,1H3/t15-,16-,17-,20+/m0/s1. The summed E-state index contributed by atoms with van der Waals surface area (Å²) in [4.78, 5) is 27.2. The zero-order valence-corrected chi connectivity index (χ0v) is 13.7.